The first-order valence-electron chi connectivity index (χ1n) is 9.54. The summed E-state index contributed by atoms with van der Waals surface area (Å²) >= 11 is 1.76. The molecule has 0 aliphatic carbocycles. The summed E-state index contributed by atoms with van der Waals surface area (Å²) in [7, 11) is -15.2. The molecule has 1 aromatic heterocycles. The Morgan fingerprint density at radius 2 is 1.28 bits per heavy atom. The van der Waals surface area contributed by atoms with Crippen LogP contribution in [0.15, 0.2) is 5.51 Å². The number of thiazole rings is 1. The van der Waals surface area contributed by atoms with E-state index in [0.717, 1.165) is 6.42 Å². The number of rotatable bonds is 8. The van der Waals surface area contributed by atoms with Gasteiger partial charge in [0, 0.05) is 13.3 Å². The fourth-order valence-electron chi connectivity index (χ4n) is 1.87. The lowest BCUT2D eigenvalue weighted by molar-refractivity contribution is -0.585. The molecule has 1 heterocycles. The van der Waals surface area contributed by atoms with Crippen molar-refractivity contribution < 1.29 is 65.3 Å². The Balaban J connectivity index is 0.000000717. The monoisotopic (exact) mass is 602 g/mol. The van der Waals surface area contributed by atoms with Gasteiger partial charge >= 0.3 is 22.9 Å². The lowest BCUT2D eigenvalue weighted by Gasteiger charge is -2.31. The van der Waals surface area contributed by atoms with Crippen LogP contribution >= 0.6 is 11.3 Å². The minimum absolute atomic E-state index is 0.422. The van der Waals surface area contributed by atoms with E-state index in [1.807, 2.05) is 4.57 Å². The summed E-state index contributed by atoms with van der Waals surface area (Å²) in [4.78, 5) is 1.36. The fraction of sp³-hybridized carbons (Fsp3) is 0.706. The molecule has 0 amide bonds. The average molecular weight is 603 g/mol. The van der Waals surface area contributed by atoms with E-state index < -0.39 is 42.9 Å². The Morgan fingerprint density at radius 3 is 1.61 bits per heavy atom. The number of hydrogen-bond acceptors (Lipinski definition) is 5. The minimum Gasteiger partial charge on any atom is -0.425 e. The van der Waals surface area contributed by atoms with E-state index in [4.69, 9.17) is 0 Å². The molecule has 1 aromatic rings. The smallest absolute Gasteiger partial charge is 0.425 e. The third-order valence-electron chi connectivity index (χ3n) is 4.06. The van der Waals surface area contributed by atoms with Gasteiger partial charge in [-0.3, -0.25) is 0 Å². The van der Waals surface area contributed by atoms with E-state index in [9.17, 15) is 60.7 Å². The maximum absolute atomic E-state index is 12.3. The van der Waals surface area contributed by atoms with Crippen LogP contribution in [-0.4, -0.2) is 39.7 Å². The molecule has 0 atom stereocenters. The lowest BCUT2D eigenvalue weighted by atomic mass is 10.2. The molecule has 0 saturated heterocycles. The second-order valence-electron chi connectivity index (χ2n) is 6.89. The van der Waals surface area contributed by atoms with Crippen molar-refractivity contribution in [2.24, 2.45) is 0 Å². The predicted molar refractivity (Wildman–Crippen MR) is 109 cm³/mol. The first kappa shape index (κ1) is 34.4. The van der Waals surface area contributed by atoms with Crippen LogP contribution < -0.4 is 4.57 Å². The molecule has 210 valence electrons. The molecule has 0 spiro atoms. The van der Waals surface area contributed by atoms with Crippen molar-refractivity contribution in [2.75, 3.05) is 0 Å². The Labute approximate surface area is 204 Å². The summed E-state index contributed by atoms with van der Waals surface area (Å²) < 4.78 is 163. The van der Waals surface area contributed by atoms with Crippen LogP contribution in [0.4, 0.5) is 43.9 Å². The van der Waals surface area contributed by atoms with Gasteiger partial charge in [0.15, 0.2) is 20.0 Å². The van der Waals surface area contributed by atoms with E-state index in [1.165, 1.54) is 36.3 Å². The van der Waals surface area contributed by atoms with Gasteiger partial charge in [0.1, 0.15) is 0 Å². The molecular weight excluding hydrogens is 582 g/mol. The van der Waals surface area contributed by atoms with E-state index in [0.29, 0.717) is 4.13 Å². The second kappa shape index (κ2) is 12.3. The van der Waals surface area contributed by atoms with Crippen LogP contribution in [0.3, 0.4) is 0 Å². The summed E-state index contributed by atoms with van der Waals surface area (Å²) in [5.74, 6) is 3.23. The van der Waals surface area contributed by atoms with E-state index in [1.54, 1.807) is 11.3 Å². The normalized spacial score (nSPS) is 13.5. The van der Waals surface area contributed by atoms with E-state index in [2.05, 4.69) is 38.2 Å². The van der Waals surface area contributed by atoms with Crippen molar-refractivity contribution in [3.8, 4) is 12.0 Å². The SMILES string of the molecule is CCCCCCC#C[n+]1csc(C)c1C.O=S(=O)([N-]S(=O)(=O)C(F)(F)C(F)(F)F)C(F)(F)C(F)(F)F. The molecule has 36 heavy (non-hydrogen) atoms. The summed E-state index contributed by atoms with van der Waals surface area (Å²) in [5.41, 5.74) is 3.37. The first-order chi connectivity index (χ1) is 16.0. The standard InChI is InChI=1S/C13H20NS.C4F10NO4S2/c1-4-5-6-7-8-9-10-14-11-15-13(3)12(14)2;5-1(6,7)3(11,12)20(16,17)15-21(18,19)4(13,14)2(8,9)10/h11H,4-8H2,1-3H3;/q+1;-1. The van der Waals surface area contributed by atoms with Gasteiger partial charge in [-0.15, -0.1) is 4.57 Å². The van der Waals surface area contributed by atoms with Gasteiger partial charge < -0.3 is 4.13 Å². The largest absolute Gasteiger partial charge is 0.467 e. The van der Waals surface area contributed by atoms with Crippen molar-refractivity contribution in [3.63, 3.8) is 0 Å². The van der Waals surface area contributed by atoms with Crippen molar-refractivity contribution >= 4 is 31.4 Å². The molecule has 0 saturated carbocycles. The number of nitrogens with zero attached hydrogens (tertiary/aromatic N) is 2. The topological polar surface area (TPSA) is 86.3 Å². The molecule has 0 aliphatic heterocycles. The van der Waals surface area contributed by atoms with Crippen molar-refractivity contribution in [2.45, 2.75) is 75.7 Å². The van der Waals surface area contributed by atoms with Gasteiger partial charge in [0.05, 0.1) is 4.88 Å². The predicted octanol–water partition coefficient (Wildman–Crippen LogP) is 5.76. The molecule has 19 heteroatoms. The lowest BCUT2D eigenvalue weighted by Crippen LogP contribution is -2.48. The highest BCUT2D eigenvalue weighted by atomic mass is 32.3. The highest BCUT2D eigenvalue weighted by molar-refractivity contribution is 8.13. The van der Waals surface area contributed by atoms with Gasteiger partial charge in [-0.25, -0.2) is 16.8 Å². The van der Waals surface area contributed by atoms with Gasteiger partial charge in [-0.1, -0.05) is 37.5 Å². The van der Waals surface area contributed by atoms with Crippen LogP contribution in [0.25, 0.3) is 4.13 Å². The molecule has 6 nitrogen and oxygen atoms in total. The quantitative estimate of drug-likeness (QED) is 0.164. The highest BCUT2D eigenvalue weighted by Crippen LogP contribution is 2.47. The Morgan fingerprint density at radius 1 is 0.833 bits per heavy atom. The maximum Gasteiger partial charge on any atom is 0.467 e. The van der Waals surface area contributed by atoms with Crippen LogP contribution in [-0.2, 0) is 20.0 Å². The van der Waals surface area contributed by atoms with Crippen molar-refractivity contribution in [3.05, 3.63) is 20.2 Å². The summed E-state index contributed by atoms with van der Waals surface area (Å²) in [5, 5.41) is -14.0. The number of aryl methyl sites for hydroxylation is 1. The third-order valence-corrected chi connectivity index (χ3v) is 8.36. The Kier molecular flexibility index (Phi) is 11.7. The van der Waals surface area contributed by atoms with Gasteiger partial charge in [-0.2, -0.15) is 43.9 Å². The van der Waals surface area contributed by atoms with Crippen LogP contribution in [0.5, 0.6) is 0 Å². The molecular formula is C17H20F10N2O4S3. The summed E-state index contributed by atoms with van der Waals surface area (Å²) in [6.45, 7) is 6.50. The summed E-state index contributed by atoms with van der Waals surface area (Å²) in [6.07, 6.45) is -7.78. The molecule has 0 N–H and O–H groups in total. The maximum atomic E-state index is 12.3. The molecule has 0 aliphatic rings. The van der Waals surface area contributed by atoms with Crippen molar-refractivity contribution in [1.82, 2.24) is 0 Å². The average Bonchev–Trinajstić information content (AvgIpc) is 3.00. The first-order valence-corrected chi connectivity index (χ1v) is 13.3. The third kappa shape index (κ3) is 8.45. The number of hydrogen-bond donors (Lipinski definition) is 0. The fourth-order valence-corrected chi connectivity index (χ4v) is 4.98. The van der Waals surface area contributed by atoms with Crippen LogP contribution in [0.1, 0.15) is 49.6 Å². The van der Waals surface area contributed by atoms with Gasteiger partial charge in [-0.05, 0) is 19.3 Å². The molecule has 0 bridgehead atoms. The zero-order valence-corrected chi connectivity index (χ0v) is 21.1. The second-order valence-corrected chi connectivity index (χ2v) is 11.5. The molecule has 0 radical (unpaired) electrons. The molecule has 0 aromatic carbocycles. The summed E-state index contributed by atoms with van der Waals surface area (Å²) in [6, 6.07) is 3.19. The Bertz CT molecular complexity index is 1090. The van der Waals surface area contributed by atoms with Crippen molar-refractivity contribution in [1.29, 1.82) is 0 Å². The molecule has 0 fully saturated rings. The number of sulfonamides is 2. The molecule has 0 unspecified atom stereocenters. The zero-order valence-electron chi connectivity index (χ0n) is 18.6. The van der Waals surface area contributed by atoms with E-state index >= 15 is 0 Å². The van der Waals surface area contributed by atoms with E-state index in [-0.39, 0.29) is 0 Å². The van der Waals surface area contributed by atoms with Gasteiger partial charge in [0.25, 0.3) is 0 Å². The number of aromatic nitrogens is 1. The van der Waals surface area contributed by atoms with Crippen LogP contribution in [0.2, 0.25) is 0 Å². The number of alkyl halides is 10. The minimum atomic E-state index is -7.62. The molecule has 1 rings (SSSR count). The highest BCUT2D eigenvalue weighted by Gasteiger charge is 2.68. The van der Waals surface area contributed by atoms with Crippen LogP contribution in [0, 0.1) is 25.8 Å². The zero-order chi connectivity index (χ0) is 28.8. The Hall–Kier alpha value is -1.65. The van der Waals surface area contributed by atoms with Gasteiger partial charge in [0.2, 0.25) is 17.2 Å². The number of unbranched alkanes of at least 4 members (excludes halogenated alkanes) is 4. The number of halogens is 10.